The molecular weight excluding hydrogens is 274 g/mol. The molecule has 0 N–H and O–H groups in total. The first-order valence-corrected chi connectivity index (χ1v) is 7.75. The van der Waals surface area contributed by atoms with Crippen molar-refractivity contribution in [3.05, 3.63) is 53.1 Å². The zero-order chi connectivity index (χ0) is 15.9. The summed E-state index contributed by atoms with van der Waals surface area (Å²) in [7, 11) is 1.98. The van der Waals surface area contributed by atoms with E-state index in [1.54, 1.807) is 0 Å². The van der Waals surface area contributed by atoms with Crippen LogP contribution in [0, 0.1) is 0 Å². The molecule has 0 unspecified atom stereocenters. The van der Waals surface area contributed by atoms with Crippen molar-refractivity contribution < 1.29 is 4.79 Å². The molecule has 0 aliphatic carbocycles. The lowest BCUT2D eigenvalue weighted by Crippen LogP contribution is -2.36. The minimum Gasteiger partial charge on any atom is -0.336 e. The number of amides is 1. The molecule has 4 heteroatoms. The highest BCUT2D eigenvalue weighted by Gasteiger charge is 2.24. The van der Waals surface area contributed by atoms with Gasteiger partial charge in [-0.15, -0.1) is 0 Å². The second-order valence-corrected chi connectivity index (χ2v) is 7.05. The molecule has 1 aliphatic rings. The van der Waals surface area contributed by atoms with Gasteiger partial charge >= 0.3 is 0 Å². The maximum Gasteiger partial charge on any atom is 0.254 e. The lowest BCUT2D eigenvalue weighted by Gasteiger charge is -2.27. The largest absolute Gasteiger partial charge is 0.336 e. The Balaban J connectivity index is 1.79. The van der Waals surface area contributed by atoms with Gasteiger partial charge in [0, 0.05) is 25.6 Å². The maximum atomic E-state index is 12.7. The Labute approximate surface area is 131 Å². The number of aromatic nitrogens is 2. The number of hydrogen-bond acceptors (Lipinski definition) is 2. The van der Waals surface area contributed by atoms with Crippen LogP contribution in [0.5, 0.6) is 0 Å². The van der Waals surface area contributed by atoms with Crippen LogP contribution in [-0.2, 0) is 25.4 Å². The molecule has 0 atom stereocenters. The van der Waals surface area contributed by atoms with Crippen molar-refractivity contribution in [1.82, 2.24) is 14.5 Å². The summed E-state index contributed by atoms with van der Waals surface area (Å²) in [4.78, 5) is 19.0. The number of nitrogens with zero attached hydrogens (tertiary/aromatic N) is 3. The molecule has 2 heterocycles. The summed E-state index contributed by atoms with van der Waals surface area (Å²) in [6.45, 7) is 7.92. The topological polar surface area (TPSA) is 38.1 Å². The van der Waals surface area contributed by atoms with E-state index in [9.17, 15) is 4.79 Å². The van der Waals surface area contributed by atoms with Crippen molar-refractivity contribution >= 4 is 5.91 Å². The SMILES string of the molecule is Cn1cnc2c1CN(C(=O)c1ccc(C(C)(C)C)cc1)CC2. The van der Waals surface area contributed by atoms with Gasteiger partial charge in [0.2, 0.25) is 0 Å². The van der Waals surface area contributed by atoms with E-state index < -0.39 is 0 Å². The number of rotatable bonds is 1. The van der Waals surface area contributed by atoms with Gasteiger partial charge < -0.3 is 9.47 Å². The average molecular weight is 297 g/mol. The standard InChI is InChI=1S/C18H23N3O/c1-18(2,3)14-7-5-13(6-8-14)17(22)21-10-9-15-16(11-21)20(4)12-19-15/h5-8,12H,9-11H2,1-4H3. The number of imidazole rings is 1. The molecule has 2 aromatic rings. The summed E-state index contributed by atoms with van der Waals surface area (Å²) in [6.07, 6.45) is 2.67. The molecule has 1 amide bonds. The Morgan fingerprint density at radius 3 is 2.50 bits per heavy atom. The van der Waals surface area contributed by atoms with Crippen LogP contribution in [0.25, 0.3) is 0 Å². The smallest absolute Gasteiger partial charge is 0.254 e. The van der Waals surface area contributed by atoms with E-state index in [1.165, 1.54) is 5.56 Å². The molecular formula is C18H23N3O. The van der Waals surface area contributed by atoms with Gasteiger partial charge in [-0.2, -0.15) is 0 Å². The minimum atomic E-state index is 0.104. The Hall–Kier alpha value is -2.10. The molecule has 0 fully saturated rings. The van der Waals surface area contributed by atoms with E-state index >= 15 is 0 Å². The number of aryl methyl sites for hydroxylation is 1. The van der Waals surface area contributed by atoms with E-state index in [0.29, 0.717) is 6.54 Å². The summed E-state index contributed by atoms with van der Waals surface area (Å²) >= 11 is 0. The van der Waals surface area contributed by atoms with Gasteiger partial charge in [-0.3, -0.25) is 4.79 Å². The van der Waals surface area contributed by atoms with E-state index in [1.807, 2.05) is 35.0 Å². The predicted molar refractivity (Wildman–Crippen MR) is 86.8 cm³/mol. The van der Waals surface area contributed by atoms with Crippen LogP contribution in [0.1, 0.15) is 48.1 Å². The summed E-state index contributed by atoms with van der Waals surface area (Å²) in [6, 6.07) is 8.02. The number of fused-ring (bicyclic) bond motifs is 1. The molecule has 0 spiro atoms. The minimum absolute atomic E-state index is 0.104. The van der Waals surface area contributed by atoms with Crippen molar-refractivity contribution in [2.75, 3.05) is 6.54 Å². The summed E-state index contributed by atoms with van der Waals surface area (Å²) in [5, 5.41) is 0. The lowest BCUT2D eigenvalue weighted by molar-refractivity contribution is 0.0730. The van der Waals surface area contributed by atoms with Crippen molar-refractivity contribution in [1.29, 1.82) is 0 Å². The third kappa shape index (κ3) is 2.65. The lowest BCUT2D eigenvalue weighted by atomic mass is 9.86. The zero-order valence-electron chi connectivity index (χ0n) is 13.8. The fraction of sp³-hybridized carbons (Fsp3) is 0.444. The third-order valence-electron chi connectivity index (χ3n) is 4.39. The highest BCUT2D eigenvalue weighted by molar-refractivity contribution is 5.94. The Morgan fingerprint density at radius 2 is 1.86 bits per heavy atom. The quantitative estimate of drug-likeness (QED) is 0.811. The highest BCUT2D eigenvalue weighted by Crippen LogP contribution is 2.23. The number of carbonyl (C=O) groups is 1. The zero-order valence-corrected chi connectivity index (χ0v) is 13.8. The van der Waals surface area contributed by atoms with E-state index in [-0.39, 0.29) is 11.3 Å². The molecule has 116 valence electrons. The monoisotopic (exact) mass is 297 g/mol. The maximum absolute atomic E-state index is 12.7. The Morgan fingerprint density at radius 1 is 1.18 bits per heavy atom. The molecule has 1 aromatic heterocycles. The number of carbonyl (C=O) groups excluding carboxylic acids is 1. The van der Waals surface area contributed by atoms with Crippen LogP contribution in [0.3, 0.4) is 0 Å². The first-order chi connectivity index (χ1) is 10.4. The second-order valence-electron chi connectivity index (χ2n) is 7.05. The Bertz CT molecular complexity index is 692. The molecule has 0 saturated heterocycles. The third-order valence-corrected chi connectivity index (χ3v) is 4.39. The van der Waals surface area contributed by atoms with Crippen LogP contribution in [0.2, 0.25) is 0 Å². The van der Waals surface area contributed by atoms with Gasteiger partial charge in [0.05, 0.1) is 24.3 Å². The molecule has 1 aromatic carbocycles. The van der Waals surface area contributed by atoms with Crippen molar-refractivity contribution in [3.8, 4) is 0 Å². The fourth-order valence-corrected chi connectivity index (χ4v) is 2.89. The molecule has 0 bridgehead atoms. The first kappa shape index (κ1) is 14.8. The fourth-order valence-electron chi connectivity index (χ4n) is 2.89. The van der Waals surface area contributed by atoms with Crippen molar-refractivity contribution in [2.45, 2.75) is 39.2 Å². The molecule has 3 rings (SSSR count). The molecule has 0 saturated carbocycles. The summed E-state index contributed by atoms with van der Waals surface area (Å²) in [5.74, 6) is 0.104. The Kier molecular flexibility index (Phi) is 3.55. The van der Waals surface area contributed by atoms with Crippen LogP contribution in [-0.4, -0.2) is 26.9 Å². The van der Waals surface area contributed by atoms with Gasteiger partial charge in [-0.25, -0.2) is 4.98 Å². The molecule has 22 heavy (non-hydrogen) atoms. The summed E-state index contributed by atoms with van der Waals surface area (Å²) in [5.41, 5.74) is 4.38. The van der Waals surface area contributed by atoms with E-state index in [0.717, 1.165) is 29.9 Å². The molecule has 0 radical (unpaired) electrons. The van der Waals surface area contributed by atoms with Crippen LogP contribution in [0.15, 0.2) is 30.6 Å². The highest BCUT2D eigenvalue weighted by atomic mass is 16.2. The van der Waals surface area contributed by atoms with Crippen molar-refractivity contribution in [2.24, 2.45) is 7.05 Å². The van der Waals surface area contributed by atoms with Crippen LogP contribution >= 0.6 is 0 Å². The van der Waals surface area contributed by atoms with Gasteiger partial charge in [-0.1, -0.05) is 32.9 Å². The van der Waals surface area contributed by atoms with Crippen molar-refractivity contribution in [3.63, 3.8) is 0 Å². The van der Waals surface area contributed by atoms with Crippen LogP contribution < -0.4 is 0 Å². The molecule has 4 nitrogen and oxygen atoms in total. The van der Waals surface area contributed by atoms with Gasteiger partial charge in [0.1, 0.15) is 0 Å². The second kappa shape index (κ2) is 5.27. The number of benzene rings is 1. The summed E-state index contributed by atoms with van der Waals surface area (Å²) < 4.78 is 2.01. The number of hydrogen-bond donors (Lipinski definition) is 0. The van der Waals surface area contributed by atoms with Gasteiger partial charge in [-0.05, 0) is 23.1 Å². The van der Waals surface area contributed by atoms with Crippen LogP contribution in [0.4, 0.5) is 0 Å². The normalized spacial score (nSPS) is 14.8. The van der Waals surface area contributed by atoms with E-state index in [4.69, 9.17) is 0 Å². The first-order valence-electron chi connectivity index (χ1n) is 7.75. The molecule has 1 aliphatic heterocycles. The predicted octanol–water partition coefficient (Wildman–Crippen LogP) is 2.92. The van der Waals surface area contributed by atoms with E-state index in [2.05, 4.69) is 37.9 Å². The van der Waals surface area contributed by atoms with Gasteiger partial charge in [0.25, 0.3) is 5.91 Å². The average Bonchev–Trinajstić information content (AvgIpc) is 2.87. The van der Waals surface area contributed by atoms with Gasteiger partial charge in [0.15, 0.2) is 0 Å².